The Morgan fingerprint density at radius 2 is 2.12 bits per heavy atom. The molecule has 0 saturated carbocycles. The monoisotopic (exact) mass is 431 g/mol. The first-order valence-corrected chi connectivity index (χ1v) is 11.2. The van der Waals surface area contributed by atoms with E-state index in [0.717, 1.165) is 23.3 Å². The van der Waals surface area contributed by atoms with E-state index in [9.17, 15) is 8.42 Å². The summed E-state index contributed by atoms with van der Waals surface area (Å²) in [5, 5.41) is 0. The number of rotatable bonds is 3. The highest BCUT2D eigenvalue weighted by Crippen LogP contribution is 2.41. The Kier molecular flexibility index (Phi) is 4.96. The lowest BCUT2D eigenvalue weighted by Crippen LogP contribution is -2.52. The van der Waals surface area contributed by atoms with Gasteiger partial charge in [-0.05, 0) is 28.9 Å². The van der Waals surface area contributed by atoms with Crippen molar-refractivity contribution in [2.45, 2.75) is 19.5 Å². The molecule has 0 spiro atoms. The van der Waals surface area contributed by atoms with Crippen molar-refractivity contribution >= 4 is 47.5 Å². The van der Waals surface area contributed by atoms with Crippen molar-refractivity contribution in [2.24, 2.45) is 0 Å². The van der Waals surface area contributed by atoms with Crippen molar-refractivity contribution in [2.75, 3.05) is 32.9 Å². The third-order valence-electron chi connectivity index (χ3n) is 4.60. The van der Waals surface area contributed by atoms with Crippen LogP contribution in [-0.2, 0) is 16.6 Å². The average molecular weight is 432 g/mol. The lowest BCUT2D eigenvalue weighted by atomic mass is 10.1. The molecule has 0 radical (unpaired) electrons. The van der Waals surface area contributed by atoms with Gasteiger partial charge >= 0.3 is 0 Å². The normalized spacial score (nSPS) is 23.3. The number of piperazine rings is 1. The molecule has 0 aliphatic carbocycles. The van der Waals surface area contributed by atoms with E-state index in [4.69, 9.17) is 0 Å². The van der Waals surface area contributed by atoms with Gasteiger partial charge in [0.2, 0.25) is 10.0 Å². The van der Waals surface area contributed by atoms with Gasteiger partial charge in [0.15, 0.2) is 0 Å². The first-order chi connectivity index (χ1) is 11.2. The summed E-state index contributed by atoms with van der Waals surface area (Å²) in [7, 11) is -1.10. The number of hydrogen-bond acceptors (Lipinski definition) is 5. The molecule has 1 aromatic heterocycles. The van der Waals surface area contributed by atoms with Gasteiger partial charge in [-0.2, -0.15) is 4.31 Å². The quantitative estimate of drug-likeness (QED) is 0.737. The molecule has 1 atom stereocenters. The molecule has 5 nitrogen and oxygen atoms in total. The summed E-state index contributed by atoms with van der Waals surface area (Å²) in [6, 6.07) is 2.42. The second-order valence-corrected chi connectivity index (χ2v) is 10.4. The van der Waals surface area contributed by atoms with E-state index in [2.05, 4.69) is 40.4 Å². The topological polar surface area (TPSA) is 43.9 Å². The van der Waals surface area contributed by atoms with E-state index < -0.39 is 10.0 Å². The van der Waals surface area contributed by atoms with Crippen LogP contribution in [0.2, 0.25) is 0 Å². The van der Waals surface area contributed by atoms with Gasteiger partial charge in [-0.15, -0.1) is 11.3 Å². The van der Waals surface area contributed by atoms with Crippen LogP contribution in [-0.4, -0.2) is 61.5 Å². The number of hydrogen-bond donors (Lipinski definition) is 0. The minimum Gasteiger partial charge on any atom is -0.350 e. The zero-order valence-corrected chi connectivity index (χ0v) is 17.3. The zero-order valence-electron chi connectivity index (χ0n) is 14.1. The maximum absolute atomic E-state index is 11.7. The Bertz CT molecular complexity index is 800. The van der Waals surface area contributed by atoms with Gasteiger partial charge in [0, 0.05) is 61.6 Å². The van der Waals surface area contributed by atoms with E-state index in [-0.39, 0.29) is 6.04 Å². The van der Waals surface area contributed by atoms with Crippen molar-refractivity contribution in [1.82, 2.24) is 14.1 Å². The Hall–Kier alpha value is -0.670. The summed E-state index contributed by atoms with van der Waals surface area (Å²) in [5.74, 6) is 0. The standard InChI is InChI=1S/C16H22BrN3O2S2/c1-11-8-20(24(4,21)22)6-5-19(11)9-13-7-14-12(2)18(3)10-15(17)16(14)23-13/h7,10-11H,2,5-6,8-9H2,1,3-4H3. The van der Waals surface area contributed by atoms with Gasteiger partial charge in [-0.25, -0.2) is 8.42 Å². The van der Waals surface area contributed by atoms with Crippen LogP contribution >= 0.6 is 27.3 Å². The highest BCUT2D eigenvalue weighted by molar-refractivity contribution is 9.15. The Labute approximate surface area is 156 Å². The fourth-order valence-corrected chi connectivity index (χ4v) is 5.88. The van der Waals surface area contributed by atoms with Gasteiger partial charge in [0.25, 0.3) is 0 Å². The van der Waals surface area contributed by atoms with Gasteiger partial charge < -0.3 is 4.90 Å². The van der Waals surface area contributed by atoms with Crippen LogP contribution in [0.5, 0.6) is 0 Å². The first kappa shape index (κ1) is 18.1. The largest absolute Gasteiger partial charge is 0.350 e. The minimum atomic E-state index is -3.10. The maximum Gasteiger partial charge on any atom is 0.211 e. The van der Waals surface area contributed by atoms with E-state index in [1.807, 2.05) is 18.1 Å². The van der Waals surface area contributed by atoms with Crippen molar-refractivity contribution in [3.8, 4) is 0 Å². The molecular weight excluding hydrogens is 410 g/mol. The second-order valence-electron chi connectivity index (χ2n) is 6.43. The average Bonchev–Trinajstić information content (AvgIpc) is 2.90. The molecule has 0 aromatic carbocycles. The number of nitrogens with zero attached hydrogens (tertiary/aromatic N) is 3. The summed E-state index contributed by atoms with van der Waals surface area (Å²) < 4.78 is 26.1. The van der Waals surface area contributed by atoms with Gasteiger partial charge in [0.1, 0.15) is 0 Å². The molecular formula is C16H22BrN3O2S2. The lowest BCUT2D eigenvalue weighted by molar-refractivity contribution is 0.123. The summed E-state index contributed by atoms with van der Waals surface area (Å²) >= 11 is 5.41. The van der Waals surface area contributed by atoms with Gasteiger partial charge in [-0.1, -0.05) is 6.58 Å². The highest BCUT2D eigenvalue weighted by Gasteiger charge is 2.29. The highest BCUT2D eigenvalue weighted by atomic mass is 79.9. The predicted molar refractivity (Wildman–Crippen MR) is 104 cm³/mol. The number of fused-ring (bicyclic) bond motifs is 1. The van der Waals surface area contributed by atoms with Gasteiger partial charge in [0.05, 0.1) is 15.6 Å². The summed E-state index contributed by atoms with van der Waals surface area (Å²) in [4.78, 5) is 6.87. The van der Waals surface area contributed by atoms with E-state index in [1.54, 1.807) is 15.6 Å². The van der Waals surface area contributed by atoms with Crippen LogP contribution in [0.15, 0.2) is 18.8 Å². The lowest BCUT2D eigenvalue weighted by Gasteiger charge is -2.38. The molecule has 1 saturated heterocycles. The molecule has 8 heteroatoms. The Morgan fingerprint density at radius 1 is 1.42 bits per heavy atom. The van der Waals surface area contributed by atoms with Gasteiger partial charge in [-0.3, -0.25) is 4.90 Å². The zero-order chi connectivity index (χ0) is 17.6. The van der Waals surface area contributed by atoms with Crippen molar-refractivity contribution in [3.63, 3.8) is 0 Å². The molecule has 1 aromatic rings. The van der Waals surface area contributed by atoms with Crippen LogP contribution in [0.4, 0.5) is 0 Å². The smallest absolute Gasteiger partial charge is 0.211 e. The molecule has 2 aliphatic rings. The summed E-state index contributed by atoms with van der Waals surface area (Å²) in [5.41, 5.74) is 2.18. The molecule has 0 bridgehead atoms. The van der Waals surface area contributed by atoms with Crippen LogP contribution in [0.3, 0.4) is 0 Å². The molecule has 1 unspecified atom stereocenters. The van der Waals surface area contributed by atoms with Crippen molar-refractivity contribution in [3.05, 3.63) is 34.2 Å². The van der Waals surface area contributed by atoms with Crippen LogP contribution < -0.4 is 0 Å². The maximum atomic E-state index is 11.7. The first-order valence-electron chi connectivity index (χ1n) is 7.78. The van der Waals surface area contributed by atoms with Crippen LogP contribution in [0, 0.1) is 0 Å². The van der Waals surface area contributed by atoms with Crippen LogP contribution in [0.1, 0.15) is 22.2 Å². The summed E-state index contributed by atoms with van der Waals surface area (Å²) in [6.07, 6.45) is 3.33. The number of sulfonamides is 1. The van der Waals surface area contributed by atoms with E-state index in [0.29, 0.717) is 13.1 Å². The van der Waals surface area contributed by atoms with Crippen molar-refractivity contribution in [1.29, 1.82) is 0 Å². The minimum absolute atomic E-state index is 0.206. The van der Waals surface area contributed by atoms with E-state index in [1.165, 1.54) is 21.6 Å². The molecule has 3 heterocycles. The third-order valence-corrected chi connectivity index (χ3v) is 7.89. The SMILES string of the molecule is C=C1c2cc(CN3CCN(S(C)(=O)=O)CC3C)sc2C(Br)=CN1C. The number of thiophene rings is 1. The molecule has 0 N–H and O–H groups in total. The third kappa shape index (κ3) is 3.48. The molecule has 3 rings (SSSR count). The fourth-order valence-electron chi connectivity index (χ4n) is 3.11. The number of halogens is 1. The summed E-state index contributed by atoms with van der Waals surface area (Å²) in [6.45, 7) is 8.97. The molecule has 0 amide bonds. The fraction of sp³-hybridized carbons (Fsp3) is 0.500. The van der Waals surface area contributed by atoms with Crippen molar-refractivity contribution < 1.29 is 8.42 Å². The molecule has 24 heavy (non-hydrogen) atoms. The van der Waals surface area contributed by atoms with Crippen LogP contribution in [0.25, 0.3) is 10.2 Å². The molecule has 132 valence electrons. The Morgan fingerprint density at radius 3 is 2.75 bits per heavy atom. The molecule has 2 aliphatic heterocycles. The molecule has 1 fully saturated rings. The Balaban J connectivity index is 1.75. The van der Waals surface area contributed by atoms with E-state index >= 15 is 0 Å². The predicted octanol–water partition coefficient (Wildman–Crippen LogP) is 2.82. The second kappa shape index (κ2) is 6.57.